The van der Waals surface area contributed by atoms with Crippen LogP contribution in [0.2, 0.25) is 0 Å². The molecule has 4 amide bonds. The van der Waals surface area contributed by atoms with Crippen molar-refractivity contribution in [1.82, 2.24) is 15.5 Å². The highest BCUT2D eigenvalue weighted by Crippen LogP contribution is 2.34. The molecule has 170 valence electrons. The maximum atomic E-state index is 13.1. The van der Waals surface area contributed by atoms with Crippen LogP contribution in [-0.4, -0.2) is 41.6 Å². The average Bonchev–Trinajstić information content (AvgIpc) is 3.47. The van der Waals surface area contributed by atoms with Gasteiger partial charge < -0.3 is 24.5 Å². The number of nitrogens with one attached hydrogen (secondary N) is 2. The summed E-state index contributed by atoms with van der Waals surface area (Å²) in [4.78, 5) is 39.2. The van der Waals surface area contributed by atoms with Gasteiger partial charge in [0.2, 0.25) is 12.7 Å². The summed E-state index contributed by atoms with van der Waals surface area (Å²) in [6, 6.07) is 13.8. The molecule has 2 aliphatic rings. The normalized spacial score (nSPS) is 20.2. The average molecular weight is 449 g/mol. The molecular formula is C24H23N3O6. The zero-order valence-corrected chi connectivity index (χ0v) is 18.2. The standard InChI is InChI=1S/C24H23N3O6/c1-14(19-10-16-5-3-4-6-17(16)33-19)25-21(28)12-27-22(29)24(2,26-23(27)30)11-15-7-8-18-20(9-15)32-13-31-18/h3-10,14H,11-13H2,1-2H3,(H,25,28)(H,26,30). The fourth-order valence-electron chi connectivity index (χ4n) is 4.19. The number of amides is 4. The largest absolute Gasteiger partial charge is 0.459 e. The van der Waals surface area contributed by atoms with Crippen molar-refractivity contribution in [2.75, 3.05) is 13.3 Å². The number of carbonyl (C=O) groups is 3. The molecule has 5 rings (SSSR count). The summed E-state index contributed by atoms with van der Waals surface area (Å²) in [6.07, 6.45) is 0.252. The van der Waals surface area contributed by atoms with Gasteiger partial charge >= 0.3 is 6.03 Å². The molecule has 3 heterocycles. The summed E-state index contributed by atoms with van der Waals surface area (Å²) < 4.78 is 16.5. The smallest absolute Gasteiger partial charge is 0.325 e. The summed E-state index contributed by atoms with van der Waals surface area (Å²) in [5.41, 5.74) is 0.359. The van der Waals surface area contributed by atoms with E-state index in [2.05, 4.69) is 10.6 Å². The van der Waals surface area contributed by atoms with E-state index >= 15 is 0 Å². The first-order chi connectivity index (χ1) is 15.8. The molecule has 1 saturated heterocycles. The minimum absolute atomic E-state index is 0.154. The van der Waals surface area contributed by atoms with Crippen molar-refractivity contribution in [3.8, 4) is 11.5 Å². The van der Waals surface area contributed by atoms with Gasteiger partial charge in [0.1, 0.15) is 23.4 Å². The zero-order valence-electron chi connectivity index (χ0n) is 18.2. The number of benzene rings is 2. The van der Waals surface area contributed by atoms with Crippen LogP contribution < -0.4 is 20.1 Å². The van der Waals surface area contributed by atoms with Crippen molar-refractivity contribution in [2.45, 2.75) is 31.8 Å². The Morgan fingerprint density at radius 2 is 1.94 bits per heavy atom. The van der Waals surface area contributed by atoms with Gasteiger partial charge in [-0.1, -0.05) is 24.3 Å². The summed E-state index contributed by atoms with van der Waals surface area (Å²) in [6.45, 7) is 3.20. The number of rotatable bonds is 6. The Morgan fingerprint density at radius 1 is 1.15 bits per heavy atom. The predicted octanol–water partition coefficient (Wildman–Crippen LogP) is 2.89. The van der Waals surface area contributed by atoms with E-state index in [9.17, 15) is 14.4 Å². The van der Waals surface area contributed by atoms with Crippen molar-refractivity contribution < 1.29 is 28.3 Å². The molecule has 1 aromatic heterocycles. The third-order valence-electron chi connectivity index (χ3n) is 5.89. The van der Waals surface area contributed by atoms with Gasteiger partial charge in [0, 0.05) is 11.8 Å². The molecule has 2 aromatic carbocycles. The van der Waals surface area contributed by atoms with E-state index < -0.39 is 29.4 Å². The number of nitrogens with zero attached hydrogens (tertiary/aromatic N) is 1. The quantitative estimate of drug-likeness (QED) is 0.560. The van der Waals surface area contributed by atoms with Crippen molar-refractivity contribution in [3.63, 3.8) is 0 Å². The van der Waals surface area contributed by atoms with Crippen LogP contribution in [0, 0.1) is 0 Å². The number of hydrogen-bond acceptors (Lipinski definition) is 6. The van der Waals surface area contributed by atoms with Crippen LogP contribution in [0.5, 0.6) is 11.5 Å². The van der Waals surface area contributed by atoms with Gasteiger partial charge in [0.05, 0.1) is 6.04 Å². The van der Waals surface area contributed by atoms with Crippen LogP contribution >= 0.6 is 0 Å². The van der Waals surface area contributed by atoms with E-state index in [0.717, 1.165) is 21.4 Å². The van der Waals surface area contributed by atoms with Crippen molar-refractivity contribution in [2.24, 2.45) is 0 Å². The Bertz CT molecular complexity index is 1240. The molecule has 2 unspecified atom stereocenters. The summed E-state index contributed by atoms with van der Waals surface area (Å²) in [5, 5.41) is 6.45. The van der Waals surface area contributed by atoms with Crippen LogP contribution in [0.15, 0.2) is 52.9 Å². The molecule has 0 saturated carbocycles. The lowest BCUT2D eigenvalue weighted by molar-refractivity contribution is -0.134. The summed E-state index contributed by atoms with van der Waals surface area (Å²) >= 11 is 0. The number of fused-ring (bicyclic) bond motifs is 2. The van der Waals surface area contributed by atoms with Crippen molar-refractivity contribution in [3.05, 3.63) is 59.9 Å². The van der Waals surface area contributed by atoms with Crippen molar-refractivity contribution >= 4 is 28.8 Å². The predicted molar refractivity (Wildman–Crippen MR) is 118 cm³/mol. The summed E-state index contributed by atoms with van der Waals surface area (Å²) in [7, 11) is 0. The molecule has 9 heteroatoms. The van der Waals surface area contributed by atoms with Gasteiger partial charge in [-0.2, -0.15) is 0 Å². The molecule has 33 heavy (non-hydrogen) atoms. The first-order valence-corrected chi connectivity index (χ1v) is 10.6. The number of furan rings is 1. The highest BCUT2D eigenvalue weighted by molar-refractivity contribution is 6.09. The summed E-state index contributed by atoms with van der Waals surface area (Å²) in [5.74, 6) is 0.913. The van der Waals surface area contributed by atoms with Gasteiger partial charge in [-0.15, -0.1) is 0 Å². The van der Waals surface area contributed by atoms with Crippen LogP contribution in [-0.2, 0) is 16.0 Å². The Morgan fingerprint density at radius 3 is 2.76 bits per heavy atom. The van der Waals surface area contributed by atoms with Crippen molar-refractivity contribution in [1.29, 1.82) is 0 Å². The SMILES string of the molecule is CC(NC(=O)CN1C(=O)NC(C)(Cc2ccc3c(c2)OCO3)C1=O)c1cc2ccccc2o1. The van der Waals surface area contributed by atoms with E-state index in [1.165, 1.54) is 0 Å². The minimum atomic E-state index is -1.17. The lowest BCUT2D eigenvalue weighted by Gasteiger charge is -2.22. The molecule has 2 aliphatic heterocycles. The van der Waals surface area contributed by atoms with Gasteiger partial charge in [-0.25, -0.2) is 4.79 Å². The highest BCUT2D eigenvalue weighted by atomic mass is 16.7. The molecule has 9 nitrogen and oxygen atoms in total. The fourth-order valence-corrected chi connectivity index (χ4v) is 4.19. The maximum absolute atomic E-state index is 13.1. The molecule has 0 bridgehead atoms. The minimum Gasteiger partial charge on any atom is -0.459 e. The lowest BCUT2D eigenvalue weighted by Crippen LogP contribution is -2.47. The molecule has 3 aromatic rings. The highest BCUT2D eigenvalue weighted by Gasteiger charge is 2.48. The first-order valence-electron chi connectivity index (χ1n) is 10.6. The van der Waals surface area contributed by atoms with Gasteiger partial charge in [-0.05, 0) is 43.7 Å². The van der Waals surface area contributed by atoms with E-state index in [0.29, 0.717) is 17.3 Å². The van der Waals surface area contributed by atoms with Crippen LogP contribution in [0.3, 0.4) is 0 Å². The van der Waals surface area contributed by atoms with Crippen LogP contribution in [0.4, 0.5) is 4.79 Å². The number of ether oxygens (including phenoxy) is 2. The Labute approximate surface area is 189 Å². The number of para-hydroxylation sites is 1. The third kappa shape index (κ3) is 3.86. The second kappa shape index (κ2) is 7.84. The van der Waals surface area contributed by atoms with Gasteiger partial charge in [0.25, 0.3) is 5.91 Å². The Hall–Kier alpha value is -4.01. The second-order valence-corrected chi connectivity index (χ2v) is 8.49. The van der Waals surface area contributed by atoms with Gasteiger partial charge in [0.15, 0.2) is 11.5 Å². The van der Waals surface area contributed by atoms with Crippen LogP contribution in [0.1, 0.15) is 31.2 Å². The maximum Gasteiger partial charge on any atom is 0.325 e. The number of imide groups is 1. The second-order valence-electron chi connectivity index (χ2n) is 8.49. The Kier molecular flexibility index (Phi) is 4.96. The monoisotopic (exact) mass is 449 g/mol. The van der Waals surface area contributed by atoms with E-state index in [-0.39, 0.29) is 19.8 Å². The topological polar surface area (TPSA) is 110 Å². The number of hydrogen-bond donors (Lipinski definition) is 2. The van der Waals surface area contributed by atoms with E-state index in [4.69, 9.17) is 13.9 Å². The first kappa shape index (κ1) is 20.9. The molecule has 2 N–H and O–H groups in total. The molecule has 1 fully saturated rings. The van der Waals surface area contributed by atoms with Crippen LogP contribution in [0.25, 0.3) is 11.0 Å². The molecule has 0 radical (unpaired) electrons. The fraction of sp³-hybridized carbons (Fsp3) is 0.292. The molecular weight excluding hydrogens is 426 g/mol. The number of urea groups is 1. The Balaban J connectivity index is 1.24. The molecule has 0 aliphatic carbocycles. The van der Waals surface area contributed by atoms with E-state index in [1.807, 2.05) is 36.4 Å². The van der Waals surface area contributed by atoms with E-state index in [1.54, 1.807) is 26.0 Å². The number of carbonyl (C=O) groups excluding carboxylic acids is 3. The van der Waals surface area contributed by atoms with Gasteiger partial charge in [-0.3, -0.25) is 14.5 Å². The third-order valence-corrected chi connectivity index (χ3v) is 5.89. The zero-order chi connectivity index (χ0) is 23.2. The lowest BCUT2D eigenvalue weighted by atomic mass is 9.92. The molecule has 2 atom stereocenters. The molecule has 0 spiro atoms.